The molecule has 2 rings (SSSR count). The minimum Gasteiger partial charge on any atom is -0.394 e. The number of aliphatic hydroxyl groups is 4. The van der Waals surface area contributed by atoms with Crippen molar-refractivity contribution >= 4 is 0 Å². The summed E-state index contributed by atoms with van der Waals surface area (Å²) in [5.41, 5.74) is -1.21. The highest BCUT2D eigenvalue weighted by Crippen LogP contribution is 2.38. The number of rotatable bonds is 5. The van der Waals surface area contributed by atoms with Crippen molar-refractivity contribution in [3.63, 3.8) is 0 Å². The normalized spacial score (nSPS) is 45.2. The lowest BCUT2D eigenvalue weighted by Crippen LogP contribution is -2.61. The van der Waals surface area contributed by atoms with E-state index in [9.17, 15) is 20.4 Å². The van der Waals surface area contributed by atoms with Gasteiger partial charge in [-0.05, 0) is 33.6 Å². The maximum absolute atomic E-state index is 10.1. The standard InChI is InChI=1S/C16H28O7/c1-5-16(4)7-6-10(22-16)15(2,3)23-14-13(20)12(19)11(18)9(8-17)21-14/h5,9-14,17-20H,1,6-8H2,2-4H3/t9-,10+,11-,12+,13-,14+,16+/m1/s1. The Morgan fingerprint density at radius 3 is 2.43 bits per heavy atom. The average molecular weight is 332 g/mol. The van der Waals surface area contributed by atoms with Crippen LogP contribution in [0.15, 0.2) is 12.7 Å². The molecule has 0 aromatic heterocycles. The van der Waals surface area contributed by atoms with Gasteiger partial charge in [0.2, 0.25) is 0 Å². The predicted octanol–water partition coefficient (Wildman–Crippen LogP) is -0.295. The Morgan fingerprint density at radius 2 is 1.91 bits per heavy atom. The molecule has 0 aromatic carbocycles. The zero-order valence-electron chi connectivity index (χ0n) is 13.9. The fraction of sp³-hybridized carbons (Fsp3) is 0.875. The van der Waals surface area contributed by atoms with Crippen LogP contribution in [0.5, 0.6) is 0 Å². The van der Waals surface area contributed by atoms with E-state index in [-0.39, 0.29) is 6.10 Å². The van der Waals surface area contributed by atoms with E-state index in [0.29, 0.717) is 0 Å². The summed E-state index contributed by atoms with van der Waals surface area (Å²) in [6, 6.07) is 0. The molecular formula is C16H28O7. The van der Waals surface area contributed by atoms with Gasteiger partial charge in [-0.1, -0.05) is 6.08 Å². The van der Waals surface area contributed by atoms with Crippen LogP contribution in [0.4, 0.5) is 0 Å². The molecule has 23 heavy (non-hydrogen) atoms. The molecule has 0 aliphatic carbocycles. The largest absolute Gasteiger partial charge is 0.394 e. The van der Waals surface area contributed by atoms with Gasteiger partial charge in [0.1, 0.15) is 24.4 Å². The van der Waals surface area contributed by atoms with Gasteiger partial charge in [0.15, 0.2) is 6.29 Å². The summed E-state index contributed by atoms with van der Waals surface area (Å²) in [6.45, 7) is 8.87. The highest BCUT2D eigenvalue weighted by Gasteiger charge is 2.49. The summed E-state index contributed by atoms with van der Waals surface area (Å²) in [6.07, 6.45) is -3.34. The third kappa shape index (κ3) is 3.76. The van der Waals surface area contributed by atoms with Gasteiger partial charge in [0.25, 0.3) is 0 Å². The monoisotopic (exact) mass is 332 g/mol. The number of aliphatic hydroxyl groups excluding tert-OH is 4. The quantitative estimate of drug-likeness (QED) is 0.512. The van der Waals surface area contributed by atoms with Crippen molar-refractivity contribution in [2.24, 2.45) is 0 Å². The summed E-state index contributed by atoms with van der Waals surface area (Å²) in [7, 11) is 0. The molecule has 0 spiro atoms. The van der Waals surface area contributed by atoms with Crippen LogP contribution in [-0.4, -0.2) is 75.0 Å². The first kappa shape index (κ1) is 18.8. The number of ether oxygens (including phenoxy) is 3. The van der Waals surface area contributed by atoms with E-state index in [4.69, 9.17) is 14.2 Å². The first-order valence-corrected chi connectivity index (χ1v) is 7.93. The van der Waals surface area contributed by atoms with Gasteiger partial charge in [0, 0.05) is 0 Å². The van der Waals surface area contributed by atoms with Gasteiger partial charge in [-0.15, -0.1) is 6.58 Å². The predicted molar refractivity (Wildman–Crippen MR) is 81.6 cm³/mol. The molecule has 7 atom stereocenters. The molecule has 0 aromatic rings. The van der Waals surface area contributed by atoms with Crippen LogP contribution in [0.2, 0.25) is 0 Å². The Labute approximate surface area is 136 Å². The summed E-state index contributed by atoms with van der Waals surface area (Å²) >= 11 is 0. The molecule has 2 aliphatic heterocycles. The van der Waals surface area contributed by atoms with Gasteiger partial charge in [-0.3, -0.25) is 0 Å². The minimum atomic E-state index is -1.45. The Hall–Kier alpha value is -0.540. The summed E-state index contributed by atoms with van der Waals surface area (Å²) in [5, 5.41) is 38.9. The second-order valence-corrected chi connectivity index (χ2v) is 7.08. The highest BCUT2D eigenvalue weighted by molar-refractivity contribution is 5.02. The van der Waals surface area contributed by atoms with E-state index in [1.165, 1.54) is 0 Å². The molecule has 2 heterocycles. The smallest absolute Gasteiger partial charge is 0.187 e. The Kier molecular flexibility index (Phi) is 5.52. The van der Waals surface area contributed by atoms with Gasteiger partial charge in [0.05, 0.1) is 23.9 Å². The van der Waals surface area contributed by atoms with Crippen LogP contribution in [-0.2, 0) is 14.2 Å². The van der Waals surface area contributed by atoms with E-state index in [1.807, 2.05) is 20.8 Å². The molecular weight excluding hydrogens is 304 g/mol. The molecule has 7 nitrogen and oxygen atoms in total. The summed E-state index contributed by atoms with van der Waals surface area (Å²) < 4.78 is 17.2. The highest BCUT2D eigenvalue weighted by atomic mass is 16.7. The Bertz CT molecular complexity index is 425. The van der Waals surface area contributed by atoms with Crippen molar-refractivity contribution in [3.05, 3.63) is 12.7 Å². The molecule has 0 unspecified atom stereocenters. The lowest BCUT2D eigenvalue weighted by molar-refractivity contribution is -0.332. The van der Waals surface area contributed by atoms with Crippen molar-refractivity contribution < 1.29 is 34.6 Å². The Morgan fingerprint density at radius 1 is 1.26 bits per heavy atom. The van der Waals surface area contributed by atoms with Crippen LogP contribution in [0.25, 0.3) is 0 Å². The lowest BCUT2D eigenvalue weighted by atomic mass is 9.95. The third-order valence-corrected chi connectivity index (χ3v) is 4.79. The van der Waals surface area contributed by atoms with Crippen LogP contribution in [0.3, 0.4) is 0 Å². The number of hydrogen-bond donors (Lipinski definition) is 4. The Balaban J connectivity index is 2.06. The molecule has 0 amide bonds. The topological polar surface area (TPSA) is 109 Å². The maximum Gasteiger partial charge on any atom is 0.187 e. The van der Waals surface area contributed by atoms with E-state index < -0.39 is 48.5 Å². The molecule has 7 heteroatoms. The lowest BCUT2D eigenvalue weighted by Gasteiger charge is -2.44. The van der Waals surface area contributed by atoms with E-state index in [0.717, 1.165) is 12.8 Å². The van der Waals surface area contributed by atoms with Gasteiger partial charge >= 0.3 is 0 Å². The number of hydrogen-bond acceptors (Lipinski definition) is 7. The zero-order chi connectivity index (χ0) is 17.4. The molecule has 2 aliphatic rings. The first-order chi connectivity index (χ1) is 10.6. The second-order valence-electron chi connectivity index (χ2n) is 7.08. The van der Waals surface area contributed by atoms with E-state index in [1.54, 1.807) is 6.08 Å². The van der Waals surface area contributed by atoms with Crippen molar-refractivity contribution in [2.75, 3.05) is 6.61 Å². The first-order valence-electron chi connectivity index (χ1n) is 7.93. The molecule has 2 fully saturated rings. The molecule has 0 bridgehead atoms. The van der Waals surface area contributed by atoms with Crippen LogP contribution in [0.1, 0.15) is 33.6 Å². The molecule has 0 saturated carbocycles. The molecule has 4 N–H and O–H groups in total. The summed E-state index contributed by atoms with van der Waals surface area (Å²) in [5.74, 6) is 0. The zero-order valence-corrected chi connectivity index (χ0v) is 13.9. The SMILES string of the molecule is C=C[C@@]1(C)CC[C@@H](C(C)(C)O[C@@H]2O[C@H](CO)[C@@H](O)[C@H](O)[C@H]2O)O1. The molecule has 2 saturated heterocycles. The van der Waals surface area contributed by atoms with Crippen LogP contribution in [0, 0.1) is 0 Å². The van der Waals surface area contributed by atoms with Crippen molar-refractivity contribution in [3.8, 4) is 0 Å². The van der Waals surface area contributed by atoms with Gasteiger partial charge in [-0.2, -0.15) is 0 Å². The maximum atomic E-state index is 10.1. The molecule has 134 valence electrons. The third-order valence-electron chi connectivity index (χ3n) is 4.79. The van der Waals surface area contributed by atoms with Gasteiger partial charge < -0.3 is 34.6 Å². The van der Waals surface area contributed by atoms with Crippen molar-refractivity contribution in [2.45, 2.75) is 81.6 Å². The second kappa shape index (κ2) is 6.76. The fourth-order valence-corrected chi connectivity index (χ4v) is 3.04. The fourth-order valence-electron chi connectivity index (χ4n) is 3.04. The average Bonchev–Trinajstić information content (AvgIpc) is 2.92. The summed E-state index contributed by atoms with van der Waals surface area (Å²) in [4.78, 5) is 0. The van der Waals surface area contributed by atoms with Crippen molar-refractivity contribution in [1.82, 2.24) is 0 Å². The van der Waals surface area contributed by atoms with Crippen molar-refractivity contribution in [1.29, 1.82) is 0 Å². The minimum absolute atomic E-state index is 0.238. The van der Waals surface area contributed by atoms with E-state index in [2.05, 4.69) is 6.58 Å². The molecule has 0 radical (unpaired) electrons. The van der Waals surface area contributed by atoms with E-state index >= 15 is 0 Å². The van der Waals surface area contributed by atoms with Crippen LogP contribution < -0.4 is 0 Å². The van der Waals surface area contributed by atoms with Crippen LogP contribution >= 0.6 is 0 Å². The van der Waals surface area contributed by atoms with Gasteiger partial charge in [-0.25, -0.2) is 0 Å².